The molecule has 1 N–H and O–H groups in total. The van der Waals surface area contributed by atoms with E-state index in [1.165, 1.54) is 58.0 Å². The summed E-state index contributed by atoms with van der Waals surface area (Å²) in [5.74, 6) is 1.63. The average Bonchev–Trinajstić information content (AvgIpc) is 2.46. The molecule has 2 fully saturated rings. The van der Waals surface area contributed by atoms with Crippen LogP contribution < -0.4 is 5.32 Å². The SMILES string of the molecule is CCC(C)C1CNC(CC(C)C)CN1C1CCCCC1. The van der Waals surface area contributed by atoms with Gasteiger partial charge >= 0.3 is 0 Å². The number of rotatable bonds is 5. The van der Waals surface area contributed by atoms with Crippen LogP contribution >= 0.6 is 0 Å². The maximum atomic E-state index is 3.84. The number of hydrogen-bond donors (Lipinski definition) is 1. The van der Waals surface area contributed by atoms with Crippen LogP contribution in [-0.2, 0) is 0 Å². The average molecular weight is 280 g/mol. The summed E-state index contributed by atoms with van der Waals surface area (Å²) in [6.07, 6.45) is 9.91. The fourth-order valence-electron chi connectivity index (χ4n) is 4.22. The van der Waals surface area contributed by atoms with Crippen molar-refractivity contribution >= 4 is 0 Å². The van der Waals surface area contributed by atoms with Crippen molar-refractivity contribution in [2.24, 2.45) is 11.8 Å². The van der Waals surface area contributed by atoms with Crippen molar-refractivity contribution in [3.05, 3.63) is 0 Å². The summed E-state index contributed by atoms with van der Waals surface area (Å²) in [6, 6.07) is 2.36. The minimum absolute atomic E-state index is 0.720. The molecule has 3 atom stereocenters. The molecule has 1 aliphatic carbocycles. The third kappa shape index (κ3) is 4.21. The summed E-state index contributed by atoms with van der Waals surface area (Å²) in [5, 5.41) is 3.84. The minimum atomic E-state index is 0.720. The number of hydrogen-bond acceptors (Lipinski definition) is 2. The van der Waals surface area contributed by atoms with Crippen molar-refractivity contribution in [2.45, 2.75) is 90.8 Å². The highest BCUT2D eigenvalue weighted by molar-refractivity contribution is 4.93. The lowest BCUT2D eigenvalue weighted by molar-refractivity contribution is 0.0308. The van der Waals surface area contributed by atoms with E-state index in [-0.39, 0.29) is 0 Å². The van der Waals surface area contributed by atoms with Crippen molar-refractivity contribution in [2.75, 3.05) is 13.1 Å². The lowest BCUT2D eigenvalue weighted by atomic mass is 9.87. The van der Waals surface area contributed by atoms with Gasteiger partial charge in [-0.1, -0.05) is 53.4 Å². The number of nitrogens with zero attached hydrogens (tertiary/aromatic N) is 1. The van der Waals surface area contributed by atoms with Gasteiger partial charge in [0.05, 0.1) is 0 Å². The van der Waals surface area contributed by atoms with Gasteiger partial charge in [0.25, 0.3) is 0 Å². The van der Waals surface area contributed by atoms with E-state index in [0.29, 0.717) is 0 Å². The van der Waals surface area contributed by atoms with Gasteiger partial charge in [0, 0.05) is 31.2 Å². The summed E-state index contributed by atoms with van der Waals surface area (Å²) in [7, 11) is 0. The van der Waals surface area contributed by atoms with Gasteiger partial charge in [-0.3, -0.25) is 4.90 Å². The zero-order valence-electron chi connectivity index (χ0n) is 14.2. The van der Waals surface area contributed by atoms with Crippen LogP contribution in [0.1, 0.15) is 72.6 Å². The molecule has 1 heterocycles. The zero-order chi connectivity index (χ0) is 14.5. The molecule has 0 radical (unpaired) electrons. The van der Waals surface area contributed by atoms with Crippen molar-refractivity contribution < 1.29 is 0 Å². The van der Waals surface area contributed by atoms with E-state index in [9.17, 15) is 0 Å². The third-order valence-electron chi connectivity index (χ3n) is 5.57. The first-order chi connectivity index (χ1) is 9.61. The Kier molecular flexibility index (Phi) is 6.35. The fraction of sp³-hybridized carbons (Fsp3) is 1.00. The Labute approximate surface area is 126 Å². The Morgan fingerprint density at radius 1 is 1.10 bits per heavy atom. The molecular weight excluding hydrogens is 244 g/mol. The largest absolute Gasteiger partial charge is 0.311 e. The van der Waals surface area contributed by atoms with Gasteiger partial charge in [0.15, 0.2) is 0 Å². The summed E-state index contributed by atoms with van der Waals surface area (Å²) >= 11 is 0. The zero-order valence-corrected chi connectivity index (χ0v) is 14.2. The monoisotopic (exact) mass is 280 g/mol. The summed E-state index contributed by atoms with van der Waals surface area (Å²) in [6.45, 7) is 12.0. The highest BCUT2D eigenvalue weighted by Crippen LogP contribution is 2.29. The highest BCUT2D eigenvalue weighted by Gasteiger charge is 2.35. The van der Waals surface area contributed by atoms with Crippen LogP contribution in [0.5, 0.6) is 0 Å². The Morgan fingerprint density at radius 2 is 1.80 bits per heavy atom. The predicted octanol–water partition coefficient (Wildman–Crippen LogP) is 4.05. The quantitative estimate of drug-likeness (QED) is 0.817. The summed E-state index contributed by atoms with van der Waals surface area (Å²) in [4.78, 5) is 2.91. The lowest BCUT2D eigenvalue weighted by Gasteiger charge is -2.48. The van der Waals surface area contributed by atoms with Gasteiger partial charge in [0.2, 0.25) is 0 Å². The van der Waals surface area contributed by atoms with Gasteiger partial charge in [0.1, 0.15) is 0 Å². The van der Waals surface area contributed by atoms with Crippen molar-refractivity contribution in [1.29, 1.82) is 0 Å². The van der Waals surface area contributed by atoms with E-state index in [0.717, 1.165) is 30.0 Å². The van der Waals surface area contributed by atoms with Crippen LogP contribution in [0, 0.1) is 11.8 Å². The fourth-order valence-corrected chi connectivity index (χ4v) is 4.22. The van der Waals surface area contributed by atoms with Gasteiger partial charge in [-0.2, -0.15) is 0 Å². The molecule has 3 unspecified atom stereocenters. The Balaban J connectivity index is 2.01. The maximum absolute atomic E-state index is 3.84. The Morgan fingerprint density at radius 3 is 2.40 bits per heavy atom. The second kappa shape index (κ2) is 7.79. The van der Waals surface area contributed by atoms with Crippen LogP contribution in [0.4, 0.5) is 0 Å². The van der Waals surface area contributed by atoms with E-state index in [1.54, 1.807) is 0 Å². The normalized spacial score (nSPS) is 31.6. The first-order valence-electron chi connectivity index (χ1n) is 9.11. The van der Waals surface area contributed by atoms with Crippen LogP contribution in [0.2, 0.25) is 0 Å². The van der Waals surface area contributed by atoms with Gasteiger partial charge in [-0.05, 0) is 31.1 Å². The standard InChI is InChI=1S/C18H36N2/c1-5-15(4)18-12-19-16(11-14(2)3)13-20(18)17-9-7-6-8-10-17/h14-19H,5-13H2,1-4H3. The van der Waals surface area contributed by atoms with Crippen LogP contribution in [-0.4, -0.2) is 36.1 Å². The smallest absolute Gasteiger partial charge is 0.0249 e. The molecule has 20 heavy (non-hydrogen) atoms. The molecule has 0 amide bonds. The van der Waals surface area contributed by atoms with E-state index >= 15 is 0 Å². The molecule has 2 nitrogen and oxygen atoms in total. The maximum Gasteiger partial charge on any atom is 0.0249 e. The second-order valence-corrected chi connectivity index (χ2v) is 7.68. The van der Waals surface area contributed by atoms with Gasteiger partial charge in [-0.25, -0.2) is 0 Å². The number of nitrogens with one attached hydrogen (secondary N) is 1. The molecule has 0 aromatic heterocycles. The molecule has 1 saturated carbocycles. The van der Waals surface area contributed by atoms with Gasteiger partial charge < -0.3 is 5.32 Å². The van der Waals surface area contributed by atoms with Crippen molar-refractivity contribution in [3.8, 4) is 0 Å². The minimum Gasteiger partial charge on any atom is -0.311 e. The first-order valence-corrected chi connectivity index (χ1v) is 9.11. The highest BCUT2D eigenvalue weighted by atomic mass is 15.3. The molecule has 2 heteroatoms. The molecule has 2 rings (SSSR count). The van der Waals surface area contributed by atoms with Gasteiger partial charge in [-0.15, -0.1) is 0 Å². The van der Waals surface area contributed by atoms with E-state index < -0.39 is 0 Å². The van der Waals surface area contributed by atoms with E-state index in [2.05, 4.69) is 37.9 Å². The van der Waals surface area contributed by atoms with Crippen molar-refractivity contribution in [3.63, 3.8) is 0 Å². The van der Waals surface area contributed by atoms with E-state index in [1.807, 2.05) is 0 Å². The van der Waals surface area contributed by atoms with E-state index in [4.69, 9.17) is 0 Å². The molecule has 0 aromatic rings. The Hall–Kier alpha value is -0.0800. The van der Waals surface area contributed by atoms with Crippen LogP contribution in [0.3, 0.4) is 0 Å². The molecule has 0 bridgehead atoms. The van der Waals surface area contributed by atoms with Crippen LogP contribution in [0.25, 0.3) is 0 Å². The van der Waals surface area contributed by atoms with Crippen LogP contribution in [0.15, 0.2) is 0 Å². The molecule has 1 saturated heterocycles. The second-order valence-electron chi connectivity index (χ2n) is 7.68. The third-order valence-corrected chi connectivity index (χ3v) is 5.57. The lowest BCUT2D eigenvalue weighted by Crippen LogP contribution is -2.61. The topological polar surface area (TPSA) is 15.3 Å². The molecule has 1 aliphatic heterocycles. The first kappa shape index (κ1) is 16.3. The summed E-state index contributed by atoms with van der Waals surface area (Å²) in [5.41, 5.74) is 0. The molecular formula is C18H36N2. The van der Waals surface area contributed by atoms with Crippen molar-refractivity contribution in [1.82, 2.24) is 10.2 Å². The summed E-state index contributed by atoms with van der Waals surface area (Å²) < 4.78 is 0. The number of piperazine rings is 1. The molecule has 118 valence electrons. The Bertz CT molecular complexity index is 271. The molecule has 0 spiro atoms. The predicted molar refractivity (Wildman–Crippen MR) is 88.1 cm³/mol. The molecule has 0 aromatic carbocycles. The molecule has 2 aliphatic rings.